The number of nitrogens with zero attached hydrogens (tertiary/aromatic N) is 1. The molecule has 0 radical (unpaired) electrons. The van der Waals surface area contributed by atoms with Crippen molar-refractivity contribution in [2.75, 3.05) is 0 Å². The van der Waals surface area contributed by atoms with E-state index in [-0.39, 0.29) is 6.04 Å². The molecule has 2 N–H and O–H groups in total. The van der Waals surface area contributed by atoms with Crippen LogP contribution in [-0.4, -0.2) is 10.6 Å². The first kappa shape index (κ1) is 23.0. The molecular weight excluding hydrogens is 484 g/mol. The molecule has 1 aromatic heterocycles. The summed E-state index contributed by atoms with van der Waals surface area (Å²) in [7, 11) is 0. The third kappa shape index (κ3) is 3.61. The van der Waals surface area contributed by atoms with Crippen LogP contribution >= 0.6 is 0 Å². The lowest BCUT2D eigenvalue weighted by atomic mass is 9.95. The summed E-state index contributed by atoms with van der Waals surface area (Å²) in [5, 5.41) is 7.55. The molecule has 8 rings (SSSR count). The first-order chi connectivity index (χ1) is 19.7. The highest BCUT2D eigenvalue weighted by atomic mass is 15.0. The summed E-state index contributed by atoms with van der Waals surface area (Å²) >= 11 is 0. The second kappa shape index (κ2) is 9.08. The highest BCUT2D eigenvalue weighted by Gasteiger charge is 2.17. The lowest BCUT2D eigenvalue weighted by Gasteiger charge is -2.14. The van der Waals surface area contributed by atoms with Crippen molar-refractivity contribution in [3.05, 3.63) is 145 Å². The molecule has 0 bridgehead atoms. The van der Waals surface area contributed by atoms with Crippen LogP contribution in [0, 0.1) is 0 Å². The van der Waals surface area contributed by atoms with Gasteiger partial charge in [0.1, 0.15) is 0 Å². The highest BCUT2D eigenvalue weighted by molar-refractivity contribution is 6.19. The molecule has 40 heavy (non-hydrogen) atoms. The first-order valence-electron chi connectivity index (χ1n) is 13.9. The van der Waals surface area contributed by atoms with Crippen molar-refractivity contribution in [3.63, 3.8) is 0 Å². The van der Waals surface area contributed by atoms with Gasteiger partial charge >= 0.3 is 0 Å². The Bertz CT molecular complexity index is 2140. The predicted molar refractivity (Wildman–Crippen MR) is 171 cm³/mol. The van der Waals surface area contributed by atoms with E-state index in [4.69, 9.17) is 5.73 Å². The van der Waals surface area contributed by atoms with Crippen LogP contribution in [0.1, 0.15) is 12.0 Å². The molecule has 2 nitrogen and oxygen atoms in total. The summed E-state index contributed by atoms with van der Waals surface area (Å²) in [5.41, 5.74) is 14.8. The Labute approximate surface area is 233 Å². The van der Waals surface area contributed by atoms with Crippen molar-refractivity contribution in [1.82, 2.24) is 4.57 Å². The second-order valence-corrected chi connectivity index (χ2v) is 10.8. The SMILES string of the molecule is NC1C=C(c2ccc3c4ccc5cc(-c6cccc7ccccc67)ccc5c4n(-c4ccccc4)c3c2)C=CC1. The van der Waals surface area contributed by atoms with Crippen molar-refractivity contribution < 1.29 is 0 Å². The average Bonchev–Trinajstić information content (AvgIpc) is 3.35. The molecule has 0 saturated carbocycles. The van der Waals surface area contributed by atoms with Crippen LogP contribution in [0.3, 0.4) is 0 Å². The zero-order valence-corrected chi connectivity index (χ0v) is 22.1. The second-order valence-electron chi connectivity index (χ2n) is 10.8. The van der Waals surface area contributed by atoms with Crippen LogP contribution in [0.2, 0.25) is 0 Å². The summed E-state index contributed by atoms with van der Waals surface area (Å²) in [6.45, 7) is 0. The number of hydrogen-bond acceptors (Lipinski definition) is 1. The molecule has 190 valence electrons. The number of rotatable bonds is 3. The van der Waals surface area contributed by atoms with Crippen LogP contribution < -0.4 is 5.73 Å². The van der Waals surface area contributed by atoms with Gasteiger partial charge in [-0.05, 0) is 69.1 Å². The highest BCUT2D eigenvalue weighted by Crippen LogP contribution is 2.39. The average molecular weight is 513 g/mol. The van der Waals surface area contributed by atoms with Crippen molar-refractivity contribution in [1.29, 1.82) is 0 Å². The normalized spacial score (nSPS) is 15.3. The minimum Gasteiger partial charge on any atom is -0.324 e. The van der Waals surface area contributed by atoms with Gasteiger partial charge in [0.2, 0.25) is 0 Å². The number of aromatic nitrogens is 1. The fourth-order valence-electron chi connectivity index (χ4n) is 6.40. The number of allylic oxidation sites excluding steroid dienone is 2. The Morgan fingerprint density at radius 1 is 0.600 bits per heavy atom. The van der Waals surface area contributed by atoms with Crippen molar-refractivity contribution in [2.24, 2.45) is 5.73 Å². The summed E-state index contributed by atoms with van der Waals surface area (Å²) in [6, 6.07) is 44.3. The number of nitrogens with two attached hydrogens (primary N) is 1. The molecular formula is C38H28N2. The molecule has 0 aliphatic heterocycles. The molecule has 1 heterocycles. The van der Waals surface area contributed by atoms with Crippen LogP contribution in [-0.2, 0) is 0 Å². The van der Waals surface area contributed by atoms with Crippen LogP contribution in [0.25, 0.3) is 65.7 Å². The van der Waals surface area contributed by atoms with E-state index in [0.29, 0.717) is 0 Å². The summed E-state index contributed by atoms with van der Waals surface area (Å²) < 4.78 is 2.43. The third-order valence-electron chi connectivity index (χ3n) is 8.29. The van der Waals surface area contributed by atoms with E-state index in [1.54, 1.807) is 0 Å². The maximum absolute atomic E-state index is 6.27. The van der Waals surface area contributed by atoms with Gasteiger partial charge < -0.3 is 10.3 Å². The molecule has 6 aromatic carbocycles. The van der Waals surface area contributed by atoms with Gasteiger partial charge in [0.15, 0.2) is 0 Å². The molecule has 1 aliphatic rings. The van der Waals surface area contributed by atoms with Gasteiger partial charge in [0, 0.05) is 27.9 Å². The minimum atomic E-state index is 0.0653. The van der Waals surface area contributed by atoms with E-state index in [1.807, 2.05) is 0 Å². The quantitative estimate of drug-likeness (QED) is 0.251. The maximum atomic E-state index is 6.27. The third-order valence-corrected chi connectivity index (χ3v) is 8.29. The fraction of sp³-hybridized carbons (Fsp3) is 0.0526. The molecule has 0 amide bonds. The zero-order valence-electron chi connectivity index (χ0n) is 22.1. The molecule has 0 fully saturated rings. The molecule has 2 heteroatoms. The van der Waals surface area contributed by atoms with Gasteiger partial charge in [-0.1, -0.05) is 115 Å². The topological polar surface area (TPSA) is 30.9 Å². The monoisotopic (exact) mass is 512 g/mol. The Kier molecular flexibility index (Phi) is 5.22. The van der Waals surface area contributed by atoms with Gasteiger partial charge in [-0.3, -0.25) is 0 Å². The first-order valence-corrected chi connectivity index (χ1v) is 13.9. The van der Waals surface area contributed by atoms with Gasteiger partial charge in [0.05, 0.1) is 11.0 Å². The Morgan fingerprint density at radius 3 is 2.27 bits per heavy atom. The Morgan fingerprint density at radius 2 is 1.38 bits per heavy atom. The Hall–Kier alpha value is -4.92. The van der Waals surface area contributed by atoms with E-state index in [9.17, 15) is 0 Å². The predicted octanol–water partition coefficient (Wildman–Crippen LogP) is 9.43. The molecule has 1 atom stereocenters. The smallest absolute Gasteiger partial charge is 0.0619 e. The Balaban J connectivity index is 1.41. The van der Waals surface area contributed by atoms with E-state index in [2.05, 4.69) is 144 Å². The summed E-state index contributed by atoms with van der Waals surface area (Å²) in [4.78, 5) is 0. The van der Waals surface area contributed by atoms with Gasteiger partial charge in [-0.2, -0.15) is 0 Å². The van der Waals surface area contributed by atoms with Crippen molar-refractivity contribution >= 4 is 48.9 Å². The molecule has 7 aromatic rings. The fourth-order valence-corrected chi connectivity index (χ4v) is 6.40. The number of para-hydroxylation sites is 1. The molecule has 1 unspecified atom stereocenters. The van der Waals surface area contributed by atoms with Crippen molar-refractivity contribution in [3.8, 4) is 16.8 Å². The summed E-state index contributed by atoms with van der Waals surface area (Å²) in [5.74, 6) is 0. The zero-order chi connectivity index (χ0) is 26.6. The number of benzene rings is 6. The summed E-state index contributed by atoms with van der Waals surface area (Å²) in [6.07, 6.45) is 7.45. The standard InChI is InChI=1S/C38H28N2/c39-30-11-6-10-26(23-30)27-16-20-35-36-21-18-29-22-28(33-15-7-9-25-8-4-5-14-32(25)33)17-19-34(29)38(36)40(37(35)24-27)31-12-2-1-3-13-31/h1-10,12-24,30H,11,39H2. The molecule has 0 spiro atoms. The van der Waals surface area contributed by atoms with E-state index >= 15 is 0 Å². The largest absolute Gasteiger partial charge is 0.324 e. The van der Waals surface area contributed by atoms with E-state index in [1.165, 1.54) is 65.6 Å². The van der Waals surface area contributed by atoms with Gasteiger partial charge in [-0.25, -0.2) is 0 Å². The van der Waals surface area contributed by atoms with Gasteiger partial charge in [-0.15, -0.1) is 0 Å². The maximum Gasteiger partial charge on any atom is 0.0619 e. The van der Waals surface area contributed by atoms with E-state index < -0.39 is 0 Å². The van der Waals surface area contributed by atoms with Crippen LogP contribution in [0.5, 0.6) is 0 Å². The number of fused-ring (bicyclic) bond motifs is 6. The lowest BCUT2D eigenvalue weighted by Crippen LogP contribution is -2.17. The van der Waals surface area contributed by atoms with Gasteiger partial charge in [0.25, 0.3) is 0 Å². The van der Waals surface area contributed by atoms with E-state index in [0.717, 1.165) is 12.1 Å². The molecule has 1 aliphatic carbocycles. The van der Waals surface area contributed by atoms with Crippen LogP contribution in [0.15, 0.2) is 140 Å². The lowest BCUT2D eigenvalue weighted by molar-refractivity contribution is 0.829. The van der Waals surface area contributed by atoms with Crippen molar-refractivity contribution in [2.45, 2.75) is 12.5 Å². The number of hydrogen-bond donors (Lipinski definition) is 1. The van der Waals surface area contributed by atoms with Crippen LogP contribution in [0.4, 0.5) is 0 Å². The molecule has 0 saturated heterocycles. The minimum absolute atomic E-state index is 0.0653.